The summed E-state index contributed by atoms with van der Waals surface area (Å²) in [6.45, 7) is 4.20. The lowest BCUT2D eigenvalue weighted by Gasteiger charge is -2.27. The summed E-state index contributed by atoms with van der Waals surface area (Å²) >= 11 is 0. The Morgan fingerprint density at radius 2 is 1.88 bits per heavy atom. The molecule has 0 N–H and O–H groups in total. The fourth-order valence-corrected chi connectivity index (χ4v) is 5.05. The summed E-state index contributed by atoms with van der Waals surface area (Å²) in [5, 5.41) is 0. The first kappa shape index (κ1) is 20.6. The van der Waals surface area contributed by atoms with Gasteiger partial charge in [-0.25, -0.2) is 4.98 Å². The topological polar surface area (TPSA) is 68.1 Å². The molecule has 1 amide bonds. The van der Waals surface area contributed by atoms with Crippen molar-refractivity contribution in [2.45, 2.75) is 45.6 Å². The van der Waals surface area contributed by atoms with E-state index in [1.807, 2.05) is 51.9 Å². The van der Waals surface area contributed by atoms with E-state index in [-0.39, 0.29) is 16.9 Å². The van der Waals surface area contributed by atoms with Gasteiger partial charge in [-0.3, -0.25) is 19.1 Å². The van der Waals surface area contributed by atoms with Crippen molar-refractivity contribution in [3.05, 3.63) is 82.2 Å². The number of benzene rings is 1. The van der Waals surface area contributed by atoms with Crippen molar-refractivity contribution in [1.82, 2.24) is 19.4 Å². The van der Waals surface area contributed by atoms with Crippen LogP contribution >= 0.6 is 0 Å². The lowest BCUT2D eigenvalue weighted by molar-refractivity contribution is 0.0766. The van der Waals surface area contributed by atoms with Gasteiger partial charge >= 0.3 is 0 Å². The molecule has 4 heterocycles. The Labute approximate surface area is 188 Å². The second kappa shape index (κ2) is 8.34. The molecule has 32 heavy (non-hydrogen) atoms. The maximum absolute atomic E-state index is 13.1. The van der Waals surface area contributed by atoms with Gasteiger partial charge in [-0.15, -0.1) is 0 Å². The number of likely N-dealkylation sites (tertiary alicyclic amines) is 1. The molecule has 6 heteroatoms. The fraction of sp³-hybridized carbons (Fsp3) is 0.385. The van der Waals surface area contributed by atoms with Gasteiger partial charge in [0.1, 0.15) is 5.82 Å². The second-order valence-electron chi connectivity index (χ2n) is 9.03. The van der Waals surface area contributed by atoms with Gasteiger partial charge in [0, 0.05) is 49.6 Å². The smallest absolute Gasteiger partial charge is 0.255 e. The van der Waals surface area contributed by atoms with Crippen molar-refractivity contribution in [3.63, 3.8) is 0 Å². The fourth-order valence-electron chi connectivity index (χ4n) is 5.05. The van der Waals surface area contributed by atoms with Gasteiger partial charge in [0.2, 0.25) is 0 Å². The Kier molecular flexibility index (Phi) is 5.37. The Bertz CT molecular complexity index is 1190. The van der Waals surface area contributed by atoms with Crippen LogP contribution in [0, 0.1) is 5.41 Å². The lowest BCUT2D eigenvalue weighted by atomic mass is 9.80. The number of pyridine rings is 1. The van der Waals surface area contributed by atoms with Crippen molar-refractivity contribution < 1.29 is 4.79 Å². The number of aromatic nitrogens is 3. The van der Waals surface area contributed by atoms with Crippen LogP contribution in [0.15, 0.2) is 59.5 Å². The number of hydrogen-bond donors (Lipinski definition) is 0. The van der Waals surface area contributed by atoms with Gasteiger partial charge in [-0.2, -0.15) is 0 Å². The molecule has 1 fully saturated rings. The van der Waals surface area contributed by atoms with Crippen LogP contribution in [0.3, 0.4) is 0 Å². The van der Waals surface area contributed by atoms with Crippen molar-refractivity contribution in [2.75, 3.05) is 13.1 Å². The summed E-state index contributed by atoms with van der Waals surface area (Å²) in [4.78, 5) is 37.1. The highest BCUT2D eigenvalue weighted by atomic mass is 16.2. The summed E-state index contributed by atoms with van der Waals surface area (Å²) in [6.07, 6.45) is 6.11. The molecule has 1 saturated heterocycles. The largest absolute Gasteiger partial charge is 0.338 e. The monoisotopic (exact) mass is 428 g/mol. The first-order valence-corrected chi connectivity index (χ1v) is 11.5. The normalized spacial score (nSPS) is 20.2. The minimum atomic E-state index is 0.0129. The van der Waals surface area contributed by atoms with Crippen molar-refractivity contribution in [1.29, 1.82) is 0 Å². The minimum Gasteiger partial charge on any atom is -0.338 e. The van der Waals surface area contributed by atoms with Crippen LogP contribution in [0.1, 0.15) is 48.1 Å². The van der Waals surface area contributed by atoms with Crippen LogP contribution in [-0.2, 0) is 19.4 Å². The molecule has 2 aromatic heterocycles. The maximum atomic E-state index is 13.1. The molecule has 5 rings (SSSR count). The van der Waals surface area contributed by atoms with Gasteiger partial charge in [-0.05, 0) is 43.2 Å². The zero-order valence-electron chi connectivity index (χ0n) is 18.5. The Morgan fingerprint density at radius 3 is 2.62 bits per heavy atom. The van der Waals surface area contributed by atoms with Gasteiger partial charge in [0.15, 0.2) is 0 Å². The van der Waals surface area contributed by atoms with Gasteiger partial charge in [-0.1, -0.05) is 37.3 Å². The van der Waals surface area contributed by atoms with Crippen LogP contribution in [-0.4, -0.2) is 38.4 Å². The number of carbonyl (C=O) groups excluding carboxylic acids is 1. The highest BCUT2D eigenvalue weighted by Crippen LogP contribution is 2.41. The number of aryl methyl sites for hydroxylation is 2. The van der Waals surface area contributed by atoms with Gasteiger partial charge in [0.05, 0.1) is 11.3 Å². The maximum Gasteiger partial charge on any atom is 0.255 e. The minimum absolute atomic E-state index is 0.0129. The zero-order valence-corrected chi connectivity index (χ0v) is 18.5. The molecular formula is C26H28N4O2. The zero-order chi connectivity index (χ0) is 22.1. The number of nitrogens with zero attached hydrogens (tertiary/aromatic N) is 4. The molecule has 3 aromatic rings. The molecule has 0 radical (unpaired) electrons. The van der Waals surface area contributed by atoms with E-state index in [0.717, 1.165) is 68.0 Å². The summed E-state index contributed by atoms with van der Waals surface area (Å²) < 4.78 is 1.83. The van der Waals surface area contributed by atoms with Crippen LogP contribution in [0.5, 0.6) is 0 Å². The van der Waals surface area contributed by atoms with E-state index >= 15 is 0 Å². The summed E-state index contributed by atoms with van der Waals surface area (Å²) in [6, 6.07) is 15.3. The number of amides is 1. The lowest BCUT2D eigenvalue weighted by Crippen LogP contribution is -2.32. The molecule has 0 bridgehead atoms. The van der Waals surface area contributed by atoms with Crippen LogP contribution < -0.4 is 5.56 Å². The van der Waals surface area contributed by atoms with Crippen molar-refractivity contribution in [3.8, 4) is 11.3 Å². The second-order valence-corrected chi connectivity index (χ2v) is 9.03. The molecule has 1 unspecified atom stereocenters. The molecule has 164 valence electrons. The SMILES string of the molecule is CCc1ccc(C(=O)N2CCC3(CCc4nc(-c5ccccc5)cc(=O)n4CC3)C2)cn1. The third-order valence-electron chi connectivity index (χ3n) is 7.06. The Balaban J connectivity index is 1.33. The highest BCUT2D eigenvalue weighted by molar-refractivity contribution is 5.94. The summed E-state index contributed by atoms with van der Waals surface area (Å²) in [7, 11) is 0. The van der Waals surface area contributed by atoms with Crippen LogP contribution in [0.25, 0.3) is 11.3 Å². The molecule has 1 atom stereocenters. The van der Waals surface area contributed by atoms with E-state index in [1.165, 1.54) is 0 Å². The van der Waals surface area contributed by atoms with E-state index in [9.17, 15) is 9.59 Å². The first-order chi connectivity index (χ1) is 15.6. The average molecular weight is 429 g/mol. The predicted octanol–water partition coefficient (Wildman–Crippen LogP) is 3.74. The molecular weight excluding hydrogens is 400 g/mol. The highest BCUT2D eigenvalue weighted by Gasteiger charge is 2.41. The van der Waals surface area contributed by atoms with Gasteiger partial charge in [0.25, 0.3) is 11.5 Å². The predicted molar refractivity (Wildman–Crippen MR) is 123 cm³/mol. The summed E-state index contributed by atoms with van der Waals surface area (Å²) in [5.41, 5.74) is 3.41. The van der Waals surface area contributed by atoms with Gasteiger partial charge < -0.3 is 4.90 Å². The Hall–Kier alpha value is -3.28. The van der Waals surface area contributed by atoms with Crippen molar-refractivity contribution in [2.24, 2.45) is 5.41 Å². The molecule has 6 nitrogen and oxygen atoms in total. The number of fused-ring (bicyclic) bond motifs is 1. The van der Waals surface area contributed by atoms with E-state index in [4.69, 9.17) is 4.98 Å². The van der Waals surface area contributed by atoms with Crippen LogP contribution in [0.2, 0.25) is 0 Å². The van der Waals surface area contributed by atoms with E-state index in [2.05, 4.69) is 11.9 Å². The number of carbonyl (C=O) groups is 1. The van der Waals surface area contributed by atoms with Crippen molar-refractivity contribution >= 4 is 5.91 Å². The average Bonchev–Trinajstić information content (AvgIpc) is 3.17. The first-order valence-electron chi connectivity index (χ1n) is 11.5. The number of hydrogen-bond acceptors (Lipinski definition) is 4. The molecule has 2 aliphatic rings. The Morgan fingerprint density at radius 1 is 1.06 bits per heavy atom. The van der Waals surface area contributed by atoms with E-state index < -0.39 is 0 Å². The van der Waals surface area contributed by atoms with Crippen LogP contribution in [0.4, 0.5) is 0 Å². The third kappa shape index (κ3) is 3.85. The molecule has 0 aliphatic carbocycles. The summed E-state index contributed by atoms with van der Waals surface area (Å²) in [5.74, 6) is 0.915. The number of rotatable bonds is 3. The molecule has 2 aliphatic heterocycles. The molecule has 1 spiro atoms. The van der Waals surface area contributed by atoms with E-state index in [1.54, 1.807) is 12.3 Å². The standard InChI is InChI=1S/C26H28N4O2/c1-2-21-9-8-20(17-27-21)25(32)29-14-12-26(18-29)11-10-23-28-22(19-6-4-3-5-7-19)16-24(31)30(23)15-13-26/h3-9,16-17H,2,10-15,18H2,1H3. The molecule has 0 saturated carbocycles. The molecule has 1 aromatic carbocycles. The third-order valence-corrected chi connectivity index (χ3v) is 7.06. The van der Waals surface area contributed by atoms with E-state index in [0.29, 0.717) is 12.1 Å². The quantitative estimate of drug-likeness (QED) is 0.637.